The first-order chi connectivity index (χ1) is 15.6. The number of anilines is 1. The highest BCUT2D eigenvalue weighted by Gasteiger charge is 2.14. The van der Waals surface area contributed by atoms with Crippen LogP contribution in [0.15, 0.2) is 58.4 Å². The SMILES string of the molecule is N#Cc1c(-c2ccccc2)nc(NN=Cc2ccc(CN3CCCCC3)c(F)c2)[nH]c1=O. The Kier molecular flexibility index (Phi) is 6.68. The van der Waals surface area contributed by atoms with Crippen LogP contribution in [0.5, 0.6) is 0 Å². The second kappa shape index (κ2) is 9.98. The zero-order chi connectivity index (χ0) is 22.3. The van der Waals surface area contributed by atoms with Crippen molar-refractivity contribution in [1.29, 1.82) is 5.26 Å². The van der Waals surface area contributed by atoms with Crippen LogP contribution >= 0.6 is 0 Å². The number of rotatable bonds is 6. The Labute approximate surface area is 185 Å². The van der Waals surface area contributed by atoms with Crippen LogP contribution in [0.2, 0.25) is 0 Å². The van der Waals surface area contributed by atoms with Gasteiger partial charge in [0.05, 0.1) is 11.9 Å². The number of nitrogens with zero attached hydrogens (tertiary/aromatic N) is 4. The molecule has 2 heterocycles. The maximum absolute atomic E-state index is 14.5. The molecule has 0 spiro atoms. The number of hydrogen-bond donors (Lipinski definition) is 2. The third-order valence-corrected chi connectivity index (χ3v) is 5.38. The van der Waals surface area contributed by atoms with E-state index < -0.39 is 5.56 Å². The predicted octanol–water partition coefficient (Wildman–Crippen LogP) is 3.88. The van der Waals surface area contributed by atoms with Gasteiger partial charge in [0.25, 0.3) is 5.56 Å². The van der Waals surface area contributed by atoms with Gasteiger partial charge in [-0.15, -0.1) is 0 Å². The number of piperidine rings is 1. The second-order valence-corrected chi connectivity index (χ2v) is 7.67. The average molecular weight is 430 g/mol. The van der Waals surface area contributed by atoms with Gasteiger partial charge >= 0.3 is 0 Å². The number of nitriles is 1. The van der Waals surface area contributed by atoms with Crippen molar-refractivity contribution in [2.75, 3.05) is 18.5 Å². The van der Waals surface area contributed by atoms with Crippen molar-refractivity contribution in [3.05, 3.63) is 81.4 Å². The summed E-state index contributed by atoms with van der Waals surface area (Å²) in [7, 11) is 0. The summed E-state index contributed by atoms with van der Waals surface area (Å²) in [5.74, 6) is -0.179. The normalized spacial score (nSPS) is 14.4. The second-order valence-electron chi connectivity index (χ2n) is 7.67. The van der Waals surface area contributed by atoms with Crippen LogP contribution < -0.4 is 11.0 Å². The quantitative estimate of drug-likeness (QED) is 0.457. The zero-order valence-corrected chi connectivity index (χ0v) is 17.5. The molecule has 7 nitrogen and oxygen atoms in total. The first-order valence-corrected chi connectivity index (χ1v) is 10.5. The van der Waals surface area contributed by atoms with E-state index >= 15 is 0 Å². The molecule has 0 aliphatic carbocycles. The highest BCUT2D eigenvalue weighted by molar-refractivity contribution is 5.80. The molecule has 162 valence electrons. The molecule has 1 aliphatic heterocycles. The Hall–Kier alpha value is -3.83. The lowest BCUT2D eigenvalue weighted by Crippen LogP contribution is -2.29. The molecule has 0 unspecified atom stereocenters. The van der Waals surface area contributed by atoms with E-state index in [1.807, 2.05) is 12.1 Å². The van der Waals surface area contributed by atoms with E-state index in [2.05, 4.69) is 25.4 Å². The number of halogens is 1. The average Bonchev–Trinajstić information content (AvgIpc) is 2.82. The van der Waals surface area contributed by atoms with Crippen LogP contribution in [0.4, 0.5) is 10.3 Å². The molecule has 4 rings (SSSR count). The minimum atomic E-state index is -0.563. The van der Waals surface area contributed by atoms with Gasteiger partial charge < -0.3 is 0 Å². The first-order valence-electron chi connectivity index (χ1n) is 10.5. The Bertz CT molecular complexity index is 1210. The lowest BCUT2D eigenvalue weighted by molar-refractivity contribution is 0.218. The van der Waals surface area contributed by atoms with E-state index in [1.165, 1.54) is 18.7 Å². The van der Waals surface area contributed by atoms with Gasteiger partial charge in [-0.2, -0.15) is 10.4 Å². The number of nitrogens with one attached hydrogen (secondary N) is 2. The molecular weight excluding hydrogens is 407 g/mol. The van der Waals surface area contributed by atoms with E-state index in [0.717, 1.165) is 25.9 Å². The molecule has 32 heavy (non-hydrogen) atoms. The van der Waals surface area contributed by atoms with Crippen LogP contribution in [-0.2, 0) is 6.54 Å². The summed E-state index contributed by atoms with van der Waals surface area (Å²) in [4.78, 5) is 21.4. The summed E-state index contributed by atoms with van der Waals surface area (Å²) in [5.41, 5.74) is 4.19. The van der Waals surface area contributed by atoms with Crippen LogP contribution in [0.1, 0.15) is 36.0 Å². The fraction of sp³-hybridized carbons (Fsp3) is 0.250. The lowest BCUT2D eigenvalue weighted by atomic mass is 10.1. The molecule has 0 bridgehead atoms. The van der Waals surface area contributed by atoms with Crippen molar-refractivity contribution >= 4 is 12.2 Å². The van der Waals surface area contributed by atoms with E-state index in [4.69, 9.17) is 0 Å². The van der Waals surface area contributed by atoms with Gasteiger partial charge in [-0.3, -0.25) is 14.7 Å². The van der Waals surface area contributed by atoms with Crippen molar-refractivity contribution < 1.29 is 4.39 Å². The van der Waals surface area contributed by atoms with Crippen molar-refractivity contribution in [2.45, 2.75) is 25.8 Å². The summed E-state index contributed by atoms with van der Waals surface area (Å²) >= 11 is 0. The minimum absolute atomic E-state index is 0.0721. The highest BCUT2D eigenvalue weighted by atomic mass is 19.1. The van der Waals surface area contributed by atoms with Crippen molar-refractivity contribution in [2.24, 2.45) is 5.10 Å². The van der Waals surface area contributed by atoms with Crippen molar-refractivity contribution in [3.63, 3.8) is 0 Å². The standard InChI is InChI=1S/C24H23FN6O/c25-21-13-17(9-10-19(21)16-31-11-5-2-6-12-31)15-27-30-24-28-22(18-7-3-1-4-8-18)20(14-26)23(32)29-24/h1,3-4,7-10,13,15H,2,5-6,11-12,16H2,(H2,28,29,30,32). The third kappa shape index (κ3) is 5.07. The number of likely N-dealkylation sites (tertiary alicyclic amines) is 1. The van der Waals surface area contributed by atoms with Gasteiger partial charge in [0.15, 0.2) is 0 Å². The third-order valence-electron chi connectivity index (χ3n) is 5.38. The van der Waals surface area contributed by atoms with Gasteiger partial charge in [-0.05, 0) is 37.6 Å². The van der Waals surface area contributed by atoms with Crippen molar-refractivity contribution in [1.82, 2.24) is 14.9 Å². The van der Waals surface area contributed by atoms with E-state index in [0.29, 0.717) is 23.2 Å². The molecule has 8 heteroatoms. The summed E-state index contributed by atoms with van der Waals surface area (Å²) < 4.78 is 14.5. The van der Waals surface area contributed by atoms with Crippen LogP contribution in [0.25, 0.3) is 11.3 Å². The Morgan fingerprint density at radius 1 is 1.19 bits per heavy atom. The van der Waals surface area contributed by atoms with Crippen LogP contribution in [0, 0.1) is 17.1 Å². The molecule has 0 atom stereocenters. The number of H-pyrrole nitrogens is 1. The summed E-state index contributed by atoms with van der Waals surface area (Å²) in [6, 6.07) is 15.9. The lowest BCUT2D eigenvalue weighted by Gasteiger charge is -2.26. The Morgan fingerprint density at radius 3 is 2.69 bits per heavy atom. The number of hydrogen-bond acceptors (Lipinski definition) is 6. The first kappa shape index (κ1) is 21.4. The van der Waals surface area contributed by atoms with E-state index in [1.54, 1.807) is 36.4 Å². The molecule has 1 aliphatic rings. The molecule has 2 aromatic carbocycles. The fourth-order valence-corrected chi connectivity index (χ4v) is 3.73. The Morgan fingerprint density at radius 2 is 1.97 bits per heavy atom. The highest BCUT2D eigenvalue weighted by Crippen LogP contribution is 2.19. The summed E-state index contributed by atoms with van der Waals surface area (Å²) in [6.45, 7) is 2.63. The number of aromatic amines is 1. The fourth-order valence-electron chi connectivity index (χ4n) is 3.73. The summed E-state index contributed by atoms with van der Waals surface area (Å²) in [5, 5.41) is 13.4. The molecule has 1 aromatic heterocycles. The maximum atomic E-state index is 14.5. The summed E-state index contributed by atoms with van der Waals surface area (Å²) in [6.07, 6.45) is 5.02. The molecule has 1 saturated heterocycles. The molecular formula is C24H23FN6O. The number of hydrazone groups is 1. The van der Waals surface area contributed by atoms with Gasteiger partial charge in [0.2, 0.25) is 5.95 Å². The van der Waals surface area contributed by atoms with Crippen LogP contribution in [0.3, 0.4) is 0 Å². The molecule has 1 fully saturated rings. The molecule has 0 saturated carbocycles. The van der Waals surface area contributed by atoms with Crippen LogP contribution in [-0.4, -0.2) is 34.2 Å². The van der Waals surface area contributed by atoms with Gasteiger partial charge in [0.1, 0.15) is 17.4 Å². The number of benzene rings is 2. The maximum Gasteiger partial charge on any atom is 0.270 e. The molecule has 3 aromatic rings. The minimum Gasteiger partial charge on any atom is -0.299 e. The van der Waals surface area contributed by atoms with E-state index in [-0.39, 0.29) is 23.0 Å². The number of aromatic nitrogens is 2. The zero-order valence-electron chi connectivity index (χ0n) is 17.5. The molecule has 0 amide bonds. The van der Waals surface area contributed by atoms with Gasteiger partial charge in [0, 0.05) is 17.7 Å². The Balaban J connectivity index is 1.48. The molecule has 2 N–H and O–H groups in total. The van der Waals surface area contributed by atoms with Crippen molar-refractivity contribution in [3.8, 4) is 17.3 Å². The topological polar surface area (TPSA) is 97.2 Å². The van der Waals surface area contributed by atoms with Gasteiger partial charge in [-0.25, -0.2) is 14.8 Å². The molecule has 0 radical (unpaired) electrons. The van der Waals surface area contributed by atoms with E-state index in [9.17, 15) is 14.4 Å². The largest absolute Gasteiger partial charge is 0.299 e. The van der Waals surface area contributed by atoms with Gasteiger partial charge in [-0.1, -0.05) is 48.9 Å². The predicted molar refractivity (Wildman–Crippen MR) is 122 cm³/mol. The smallest absolute Gasteiger partial charge is 0.270 e. The monoisotopic (exact) mass is 430 g/mol.